The Morgan fingerprint density at radius 3 is 2.68 bits per heavy atom. The van der Waals surface area contributed by atoms with Gasteiger partial charge in [0.15, 0.2) is 4.67 Å². The number of para-hydroxylation sites is 1. The monoisotopic (exact) mass is 322 g/mol. The lowest BCUT2D eigenvalue weighted by Gasteiger charge is -2.09. The second-order valence-electron chi connectivity index (χ2n) is 3.79. The van der Waals surface area contributed by atoms with E-state index in [4.69, 9.17) is 9.62 Å². The number of hydrogen-bond donors (Lipinski definition) is 2. The van der Waals surface area contributed by atoms with Crippen LogP contribution in [0.3, 0.4) is 0 Å². The third-order valence-electron chi connectivity index (χ3n) is 2.58. The Labute approximate surface area is 118 Å². The molecule has 0 radical (unpaired) electrons. The van der Waals surface area contributed by atoms with Crippen molar-refractivity contribution in [3.8, 4) is 0 Å². The third kappa shape index (κ3) is 2.85. The number of oxime groups is 1. The van der Waals surface area contributed by atoms with E-state index in [1.807, 2.05) is 0 Å². The van der Waals surface area contributed by atoms with E-state index in [0.717, 1.165) is 0 Å². The topological polar surface area (TPSA) is 74.8 Å². The summed E-state index contributed by atoms with van der Waals surface area (Å²) in [5, 5.41) is 14.7. The molecular weight excluding hydrogens is 312 g/mol. The van der Waals surface area contributed by atoms with Crippen molar-refractivity contribution in [2.24, 2.45) is 5.16 Å². The summed E-state index contributed by atoms with van der Waals surface area (Å²) in [5.41, 5.74) is 2.03. The molecule has 0 fully saturated rings. The second kappa shape index (κ2) is 5.71. The van der Waals surface area contributed by atoms with Crippen molar-refractivity contribution in [1.29, 1.82) is 0 Å². The van der Waals surface area contributed by atoms with E-state index in [2.05, 4.69) is 26.4 Å². The zero-order valence-corrected chi connectivity index (χ0v) is 11.6. The largest absolute Gasteiger partial charge is 0.457 e. The lowest BCUT2D eigenvalue weighted by molar-refractivity contribution is 0.102. The van der Waals surface area contributed by atoms with Crippen LogP contribution in [0.1, 0.15) is 22.8 Å². The minimum atomic E-state index is -0.307. The van der Waals surface area contributed by atoms with Crippen LogP contribution >= 0.6 is 15.9 Å². The molecule has 2 aromatic rings. The molecule has 0 saturated carbocycles. The van der Waals surface area contributed by atoms with Gasteiger partial charge >= 0.3 is 0 Å². The lowest BCUT2D eigenvalue weighted by atomic mass is 10.1. The number of anilines is 1. The number of amides is 1. The Bertz CT molecular complexity index is 634. The Hall–Kier alpha value is -2.08. The maximum Gasteiger partial charge on any atom is 0.260 e. The van der Waals surface area contributed by atoms with Gasteiger partial charge in [-0.2, -0.15) is 0 Å². The van der Waals surface area contributed by atoms with E-state index in [-0.39, 0.29) is 5.91 Å². The number of rotatable bonds is 3. The second-order valence-corrected chi connectivity index (χ2v) is 4.51. The van der Waals surface area contributed by atoms with Crippen molar-refractivity contribution < 1.29 is 14.4 Å². The van der Waals surface area contributed by atoms with Crippen LogP contribution in [0.2, 0.25) is 0 Å². The maximum atomic E-state index is 12.1. The molecule has 0 aliphatic rings. The van der Waals surface area contributed by atoms with Crippen molar-refractivity contribution in [2.75, 3.05) is 5.32 Å². The van der Waals surface area contributed by atoms with E-state index >= 15 is 0 Å². The van der Waals surface area contributed by atoms with E-state index in [9.17, 15) is 4.79 Å². The fourth-order valence-electron chi connectivity index (χ4n) is 1.61. The molecule has 98 valence electrons. The molecule has 0 saturated heterocycles. The first kappa shape index (κ1) is 13.4. The molecule has 1 aromatic carbocycles. The molecule has 1 heterocycles. The minimum Gasteiger partial charge on any atom is -0.457 e. The smallest absolute Gasteiger partial charge is 0.260 e. The highest BCUT2D eigenvalue weighted by Gasteiger charge is 2.14. The first-order valence-corrected chi connectivity index (χ1v) is 6.25. The Kier molecular flexibility index (Phi) is 4.01. The molecule has 0 aliphatic heterocycles. The molecule has 0 atom stereocenters. The highest BCUT2D eigenvalue weighted by Crippen LogP contribution is 2.21. The SMILES string of the molecule is C/C(=N/O)c1ccccc1NC(=O)c1ccoc1Br. The molecule has 1 amide bonds. The van der Waals surface area contributed by atoms with Gasteiger partial charge < -0.3 is 14.9 Å². The van der Waals surface area contributed by atoms with Crippen molar-refractivity contribution in [1.82, 2.24) is 0 Å². The summed E-state index contributed by atoms with van der Waals surface area (Å²) in [6.07, 6.45) is 1.42. The standard InChI is InChI=1S/C13H11BrN2O3/c1-8(16-18)9-4-2-3-5-11(9)15-13(17)10-6-7-19-12(10)14/h2-7,18H,1H3,(H,15,17)/b16-8-. The van der Waals surface area contributed by atoms with Gasteiger partial charge in [-0.3, -0.25) is 4.79 Å². The summed E-state index contributed by atoms with van der Waals surface area (Å²) in [5.74, 6) is -0.307. The number of nitrogens with zero attached hydrogens (tertiary/aromatic N) is 1. The molecule has 1 aromatic heterocycles. The summed E-state index contributed by atoms with van der Waals surface area (Å²) in [4.78, 5) is 12.1. The normalized spacial score (nSPS) is 11.4. The molecule has 2 rings (SSSR count). The minimum absolute atomic E-state index is 0.307. The number of benzene rings is 1. The summed E-state index contributed by atoms with van der Waals surface area (Å²) in [6, 6.07) is 8.64. The van der Waals surface area contributed by atoms with Crippen LogP contribution in [-0.4, -0.2) is 16.8 Å². The van der Waals surface area contributed by atoms with Gasteiger partial charge in [0.05, 0.1) is 23.2 Å². The van der Waals surface area contributed by atoms with Crippen LogP contribution < -0.4 is 5.32 Å². The van der Waals surface area contributed by atoms with E-state index in [0.29, 0.717) is 27.2 Å². The zero-order chi connectivity index (χ0) is 13.8. The van der Waals surface area contributed by atoms with E-state index in [1.54, 1.807) is 37.3 Å². The number of hydrogen-bond acceptors (Lipinski definition) is 4. The summed E-state index contributed by atoms with van der Waals surface area (Å²) in [7, 11) is 0. The molecule has 2 N–H and O–H groups in total. The first-order chi connectivity index (χ1) is 9.13. The average Bonchev–Trinajstić information content (AvgIpc) is 2.85. The maximum absolute atomic E-state index is 12.1. The van der Waals surface area contributed by atoms with Gasteiger partial charge in [-0.25, -0.2) is 0 Å². The number of nitrogens with one attached hydrogen (secondary N) is 1. The van der Waals surface area contributed by atoms with Gasteiger partial charge in [0, 0.05) is 5.56 Å². The van der Waals surface area contributed by atoms with Gasteiger partial charge in [-0.1, -0.05) is 23.4 Å². The highest BCUT2D eigenvalue weighted by atomic mass is 79.9. The van der Waals surface area contributed by atoms with Crippen molar-refractivity contribution in [3.63, 3.8) is 0 Å². The van der Waals surface area contributed by atoms with Crippen LogP contribution in [0, 0.1) is 0 Å². The van der Waals surface area contributed by atoms with Crippen molar-refractivity contribution in [3.05, 3.63) is 52.4 Å². The van der Waals surface area contributed by atoms with Crippen LogP contribution in [0.4, 0.5) is 5.69 Å². The Morgan fingerprint density at radius 1 is 1.32 bits per heavy atom. The highest BCUT2D eigenvalue weighted by molar-refractivity contribution is 9.10. The fourth-order valence-corrected chi connectivity index (χ4v) is 2.03. The molecule has 5 nitrogen and oxygen atoms in total. The third-order valence-corrected chi connectivity index (χ3v) is 3.19. The predicted molar refractivity (Wildman–Crippen MR) is 74.8 cm³/mol. The zero-order valence-electron chi connectivity index (χ0n) is 10.1. The molecule has 0 bridgehead atoms. The van der Waals surface area contributed by atoms with E-state index < -0.39 is 0 Å². The Balaban J connectivity index is 2.30. The number of furan rings is 1. The molecule has 0 spiro atoms. The number of carbonyl (C=O) groups is 1. The summed E-state index contributed by atoms with van der Waals surface area (Å²) in [6.45, 7) is 1.65. The van der Waals surface area contributed by atoms with Gasteiger partial charge in [0.1, 0.15) is 0 Å². The van der Waals surface area contributed by atoms with Crippen molar-refractivity contribution in [2.45, 2.75) is 6.92 Å². The summed E-state index contributed by atoms with van der Waals surface area (Å²) >= 11 is 3.15. The van der Waals surface area contributed by atoms with Crippen LogP contribution in [0.15, 0.2) is 50.8 Å². The van der Waals surface area contributed by atoms with Crippen LogP contribution in [-0.2, 0) is 0 Å². The number of carbonyl (C=O) groups excluding carboxylic acids is 1. The fraction of sp³-hybridized carbons (Fsp3) is 0.0769. The molecule has 0 unspecified atom stereocenters. The summed E-state index contributed by atoms with van der Waals surface area (Å²) < 4.78 is 5.38. The first-order valence-electron chi connectivity index (χ1n) is 5.46. The molecule has 19 heavy (non-hydrogen) atoms. The van der Waals surface area contributed by atoms with Crippen LogP contribution in [0.5, 0.6) is 0 Å². The van der Waals surface area contributed by atoms with E-state index in [1.165, 1.54) is 6.26 Å². The van der Waals surface area contributed by atoms with Crippen LogP contribution in [0.25, 0.3) is 0 Å². The molecule has 0 aliphatic carbocycles. The Morgan fingerprint density at radius 2 is 2.05 bits per heavy atom. The quantitative estimate of drug-likeness (QED) is 0.516. The molecular formula is C13H11BrN2O3. The molecule has 6 heteroatoms. The van der Waals surface area contributed by atoms with Gasteiger partial charge in [0.2, 0.25) is 0 Å². The lowest BCUT2D eigenvalue weighted by Crippen LogP contribution is -2.14. The van der Waals surface area contributed by atoms with Gasteiger partial charge in [-0.05, 0) is 35.0 Å². The average molecular weight is 323 g/mol. The predicted octanol–water partition coefficient (Wildman–Crippen LogP) is 3.49. The number of halogens is 1. The van der Waals surface area contributed by atoms with Gasteiger partial charge in [-0.15, -0.1) is 0 Å². The van der Waals surface area contributed by atoms with Gasteiger partial charge in [0.25, 0.3) is 5.91 Å². The van der Waals surface area contributed by atoms with Crippen molar-refractivity contribution >= 4 is 33.2 Å².